The first-order valence-electron chi connectivity index (χ1n) is 20.6. The van der Waals surface area contributed by atoms with Crippen LogP contribution in [-0.2, 0) is 20.5 Å². The van der Waals surface area contributed by atoms with Gasteiger partial charge in [-0.25, -0.2) is 18.4 Å². The van der Waals surface area contributed by atoms with Crippen LogP contribution in [0.5, 0.6) is 5.75 Å². The average molecular weight is 850 g/mol. The molecule has 1 amide bonds. The monoisotopic (exact) mass is 849 g/mol. The number of methoxy groups -OCH3 is 1. The first kappa shape index (κ1) is 41.6. The van der Waals surface area contributed by atoms with E-state index >= 15 is 4.39 Å². The molecule has 14 heteroatoms. The fourth-order valence-corrected chi connectivity index (χ4v) is 15.2. The lowest BCUT2D eigenvalue weighted by atomic mass is 9.94. The summed E-state index contributed by atoms with van der Waals surface area (Å²) < 4.78 is 39.8. The fourth-order valence-electron chi connectivity index (χ4n) is 9.24. The van der Waals surface area contributed by atoms with Crippen LogP contribution < -0.4 is 26.4 Å². The van der Waals surface area contributed by atoms with Gasteiger partial charge in [-0.15, -0.1) is 0 Å². The van der Waals surface area contributed by atoms with Crippen LogP contribution in [0.4, 0.5) is 4.39 Å². The van der Waals surface area contributed by atoms with E-state index in [4.69, 9.17) is 13.9 Å². The number of benzene rings is 3. The van der Waals surface area contributed by atoms with Gasteiger partial charge in [0, 0.05) is 43.2 Å². The standard InChI is InChI=1S/C46H52FN5O6SSi/c1-30-40-42(54)52(37-24-27-49(5)41(37)53)45(55)50(44(40)59-43(30)51-26-13-25-48-51)29-39(36-28-31(47)18-23-38(36)56-6)57-32-19-21-33(22-20-32)58-60(46(2,3)4,34-14-9-7-10-15-34)35-16-11-8-12-17-35/h7-18,23,25-26,28,32-33,37,39H,19-22,24,27,29H2,1-6H3/t32?,33?,37-,39+/m1/s1. The third kappa shape index (κ3) is 7.48. The number of ether oxygens (including phenoxy) is 2. The van der Waals surface area contributed by atoms with Crippen molar-refractivity contribution in [3.63, 3.8) is 0 Å². The molecule has 0 radical (unpaired) electrons. The molecule has 8 rings (SSSR count). The number of nitrogens with zero attached hydrogens (tertiary/aromatic N) is 5. The van der Waals surface area contributed by atoms with E-state index < -0.39 is 37.5 Å². The number of amides is 1. The summed E-state index contributed by atoms with van der Waals surface area (Å²) in [4.78, 5) is 44.5. The number of carbonyl (C=O) groups excluding carboxylic acids is 1. The van der Waals surface area contributed by atoms with Crippen molar-refractivity contribution in [2.45, 2.75) is 95.7 Å². The highest BCUT2D eigenvalue weighted by Gasteiger charge is 2.51. The van der Waals surface area contributed by atoms with Crippen molar-refractivity contribution < 1.29 is 23.1 Å². The van der Waals surface area contributed by atoms with Gasteiger partial charge in [0.2, 0.25) is 5.91 Å². The van der Waals surface area contributed by atoms with Crippen LogP contribution in [0.1, 0.15) is 76.1 Å². The highest BCUT2D eigenvalue weighted by Crippen LogP contribution is 2.41. The second-order valence-electron chi connectivity index (χ2n) is 17.0. The summed E-state index contributed by atoms with van der Waals surface area (Å²) in [5.74, 6) is -0.358. The van der Waals surface area contributed by atoms with Crippen LogP contribution >= 0.6 is 11.3 Å². The van der Waals surface area contributed by atoms with Gasteiger partial charge in [0.05, 0.1) is 25.1 Å². The minimum Gasteiger partial charge on any atom is -0.496 e. The van der Waals surface area contributed by atoms with Gasteiger partial charge in [0.15, 0.2) is 0 Å². The number of likely N-dealkylation sites (N-methyl/N-ethyl adjacent to an activating group) is 1. The number of halogens is 1. The van der Waals surface area contributed by atoms with Gasteiger partial charge >= 0.3 is 5.69 Å². The lowest BCUT2D eigenvalue weighted by molar-refractivity contribution is -0.129. The van der Waals surface area contributed by atoms with E-state index in [2.05, 4.69) is 74.4 Å². The van der Waals surface area contributed by atoms with Gasteiger partial charge in [0.25, 0.3) is 13.9 Å². The molecule has 0 N–H and O–H groups in total. The van der Waals surface area contributed by atoms with Gasteiger partial charge in [-0.1, -0.05) is 92.8 Å². The third-order valence-electron chi connectivity index (χ3n) is 12.3. The Morgan fingerprint density at radius 1 is 0.900 bits per heavy atom. The summed E-state index contributed by atoms with van der Waals surface area (Å²) in [5, 5.41) is 7.70. The summed E-state index contributed by atoms with van der Waals surface area (Å²) in [5.41, 5.74) is -0.0591. The normalized spacial score (nSPS) is 19.3. The van der Waals surface area contributed by atoms with Crippen LogP contribution in [-0.4, -0.2) is 70.9 Å². The number of aryl methyl sites for hydroxylation is 1. The number of fused-ring (bicyclic) bond motifs is 1. The molecule has 1 aliphatic carbocycles. The average Bonchev–Trinajstić information content (AvgIpc) is 3.98. The molecule has 0 unspecified atom stereocenters. The molecule has 2 atom stereocenters. The molecule has 6 aromatic rings. The summed E-state index contributed by atoms with van der Waals surface area (Å²) in [7, 11) is 0.396. The van der Waals surface area contributed by atoms with E-state index in [1.165, 1.54) is 50.4 Å². The number of likely N-dealkylation sites (tertiary alicyclic amines) is 1. The Morgan fingerprint density at radius 2 is 1.55 bits per heavy atom. The smallest absolute Gasteiger partial charge is 0.332 e. The first-order chi connectivity index (χ1) is 28.8. The zero-order valence-electron chi connectivity index (χ0n) is 35.0. The predicted molar refractivity (Wildman–Crippen MR) is 235 cm³/mol. The van der Waals surface area contributed by atoms with E-state index in [9.17, 15) is 14.4 Å². The molecule has 4 heterocycles. The Balaban J connectivity index is 1.16. The highest BCUT2D eigenvalue weighted by molar-refractivity contribution is 7.21. The zero-order chi connectivity index (χ0) is 42.3. The Labute approximate surface area is 354 Å². The molecule has 1 saturated carbocycles. The maximum Gasteiger partial charge on any atom is 0.332 e. The van der Waals surface area contributed by atoms with Gasteiger partial charge in [-0.3, -0.25) is 14.2 Å². The molecule has 2 fully saturated rings. The zero-order valence-corrected chi connectivity index (χ0v) is 36.8. The number of hydrogen-bond acceptors (Lipinski definition) is 8. The van der Waals surface area contributed by atoms with Crippen molar-refractivity contribution in [3.8, 4) is 10.8 Å². The molecule has 2 aliphatic rings. The minimum absolute atomic E-state index is 0.0269. The van der Waals surface area contributed by atoms with Crippen LogP contribution in [0.25, 0.3) is 15.2 Å². The molecule has 0 spiro atoms. The molecule has 11 nitrogen and oxygen atoms in total. The van der Waals surface area contributed by atoms with Crippen molar-refractivity contribution in [3.05, 3.63) is 135 Å². The van der Waals surface area contributed by atoms with Crippen molar-refractivity contribution in [2.24, 2.45) is 0 Å². The maximum absolute atomic E-state index is 15.2. The van der Waals surface area contributed by atoms with E-state index in [0.717, 1.165) is 17.4 Å². The Bertz CT molecular complexity index is 2560. The van der Waals surface area contributed by atoms with Gasteiger partial charge in [-0.2, -0.15) is 5.10 Å². The summed E-state index contributed by atoms with van der Waals surface area (Å²) in [6.45, 7) is 9.02. The molecular formula is C46H52FN5O6SSi. The number of carbonyl (C=O) groups is 1. The topological polar surface area (TPSA) is 110 Å². The summed E-state index contributed by atoms with van der Waals surface area (Å²) >= 11 is 1.27. The van der Waals surface area contributed by atoms with Crippen LogP contribution in [0, 0.1) is 12.7 Å². The van der Waals surface area contributed by atoms with E-state index in [1.807, 2.05) is 19.1 Å². The number of aromatic nitrogens is 4. The van der Waals surface area contributed by atoms with Crippen LogP contribution in [0.3, 0.4) is 0 Å². The lowest BCUT2D eigenvalue weighted by Gasteiger charge is -2.46. The molecule has 3 aromatic carbocycles. The quantitative estimate of drug-likeness (QED) is 0.123. The largest absolute Gasteiger partial charge is 0.496 e. The lowest BCUT2D eigenvalue weighted by Crippen LogP contribution is -2.67. The molecule has 314 valence electrons. The van der Waals surface area contributed by atoms with Crippen LogP contribution in [0.2, 0.25) is 5.04 Å². The Hall–Kier alpha value is -5.15. The summed E-state index contributed by atoms with van der Waals surface area (Å²) in [6.07, 6.45) is 5.44. The second-order valence-corrected chi connectivity index (χ2v) is 22.2. The third-order valence-corrected chi connectivity index (χ3v) is 18.7. The number of thiophene rings is 1. The highest BCUT2D eigenvalue weighted by atomic mass is 32.1. The van der Waals surface area contributed by atoms with Gasteiger partial charge < -0.3 is 18.8 Å². The minimum atomic E-state index is -2.80. The fraction of sp³-hybridized carbons (Fsp3) is 0.391. The Kier molecular flexibility index (Phi) is 11.6. The second kappa shape index (κ2) is 16.7. The first-order valence-corrected chi connectivity index (χ1v) is 23.4. The maximum atomic E-state index is 15.2. The molecular weight excluding hydrogens is 798 g/mol. The van der Waals surface area contributed by atoms with Gasteiger partial charge in [0.1, 0.15) is 33.5 Å². The number of hydrogen-bond donors (Lipinski definition) is 0. The van der Waals surface area contributed by atoms with Crippen molar-refractivity contribution in [1.29, 1.82) is 0 Å². The van der Waals surface area contributed by atoms with Gasteiger partial charge in [-0.05, 0) is 78.7 Å². The molecule has 3 aromatic heterocycles. The van der Waals surface area contributed by atoms with Crippen molar-refractivity contribution >= 4 is 46.2 Å². The molecule has 0 bridgehead atoms. The molecule has 1 aliphatic heterocycles. The Morgan fingerprint density at radius 3 is 2.12 bits per heavy atom. The van der Waals surface area contributed by atoms with E-state index in [-0.39, 0.29) is 29.7 Å². The van der Waals surface area contributed by atoms with Crippen LogP contribution in [0.15, 0.2) is 107 Å². The molecule has 1 saturated heterocycles. The van der Waals surface area contributed by atoms with E-state index in [1.54, 1.807) is 36.3 Å². The predicted octanol–water partition coefficient (Wildman–Crippen LogP) is 6.92. The van der Waals surface area contributed by atoms with Crippen molar-refractivity contribution in [1.82, 2.24) is 23.8 Å². The van der Waals surface area contributed by atoms with Crippen molar-refractivity contribution in [2.75, 3.05) is 20.7 Å². The van der Waals surface area contributed by atoms with E-state index in [0.29, 0.717) is 57.9 Å². The molecule has 60 heavy (non-hydrogen) atoms. The SMILES string of the molecule is COc1ccc(F)cc1[C@H](Cn1c(=O)n([C@@H]2CCN(C)C2=O)c(=O)c2c(C)c(-n3cccn3)sc21)OC1CCC(O[Si](c2ccccc2)(c2ccccc2)C(C)(C)C)CC1. The number of rotatable bonds is 12. The summed E-state index contributed by atoms with van der Waals surface area (Å²) in [6, 6.07) is 26.4.